The maximum Gasteiger partial charge on any atom is 0.294 e. The quantitative estimate of drug-likeness (QED) is 0.388. The summed E-state index contributed by atoms with van der Waals surface area (Å²) in [6.45, 7) is 3.86. The zero-order chi connectivity index (χ0) is 16.6. The predicted molar refractivity (Wildman–Crippen MR) is 82.9 cm³/mol. The van der Waals surface area contributed by atoms with Crippen LogP contribution < -0.4 is 0 Å². The highest BCUT2D eigenvalue weighted by atomic mass is 32.2. The van der Waals surface area contributed by atoms with Crippen LogP contribution in [0.2, 0.25) is 0 Å². The highest BCUT2D eigenvalue weighted by Gasteiger charge is 2.07. The molecule has 0 unspecified atom stereocenters. The number of aryl methyl sites for hydroxylation is 1. The standard InChI is InChI=1S/C8H11NO2.C7H8O3S/c1-2-4-7(9-10)8-5-3-6-11-8;1-6-2-4-7(5-3-6)11(8,9)10/h3,5-6,10H,2,4H2,1H3;2-5H,1H3,(H,8,9,10). The van der Waals surface area contributed by atoms with Crippen LogP contribution in [-0.4, -0.2) is 23.9 Å². The van der Waals surface area contributed by atoms with E-state index in [0.29, 0.717) is 11.5 Å². The summed E-state index contributed by atoms with van der Waals surface area (Å²) >= 11 is 0. The van der Waals surface area contributed by atoms with Crippen LogP contribution in [0.4, 0.5) is 0 Å². The lowest BCUT2D eigenvalue weighted by Gasteiger charge is -1.95. The third-order valence-electron chi connectivity index (χ3n) is 2.73. The number of benzene rings is 1. The molecule has 2 aromatic rings. The van der Waals surface area contributed by atoms with Gasteiger partial charge in [-0.1, -0.05) is 36.2 Å². The summed E-state index contributed by atoms with van der Waals surface area (Å²) in [6, 6.07) is 9.54. The second kappa shape index (κ2) is 8.35. The van der Waals surface area contributed by atoms with Gasteiger partial charge in [0.25, 0.3) is 10.1 Å². The minimum atomic E-state index is -4.02. The molecule has 2 N–H and O–H groups in total. The molecule has 0 saturated carbocycles. The monoisotopic (exact) mass is 325 g/mol. The molecule has 0 aliphatic carbocycles. The van der Waals surface area contributed by atoms with Gasteiger partial charge < -0.3 is 9.62 Å². The number of hydrogen-bond acceptors (Lipinski definition) is 5. The van der Waals surface area contributed by atoms with Crippen LogP contribution in [0.25, 0.3) is 0 Å². The highest BCUT2D eigenvalue weighted by molar-refractivity contribution is 7.85. The van der Waals surface area contributed by atoms with Gasteiger partial charge in [0.2, 0.25) is 0 Å². The first-order valence-electron chi connectivity index (χ1n) is 6.67. The van der Waals surface area contributed by atoms with Crippen LogP contribution in [0.1, 0.15) is 31.1 Å². The number of hydrogen-bond donors (Lipinski definition) is 2. The molecular weight excluding hydrogens is 306 g/mol. The maximum absolute atomic E-state index is 10.5. The third kappa shape index (κ3) is 5.71. The Bertz CT molecular complexity index is 688. The molecule has 0 fully saturated rings. The van der Waals surface area contributed by atoms with E-state index in [0.717, 1.165) is 18.4 Å². The second-order valence-corrected chi connectivity index (χ2v) is 5.98. The van der Waals surface area contributed by atoms with E-state index < -0.39 is 10.1 Å². The van der Waals surface area contributed by atoms with Gasteiger partial charge in [0.15, 0.2) is 5.76 Å². The Morgan fingerprint density at radius 2 is 1.86 bits per heavy atom. The number of furan rings is 1. The minimum Gasteiger partial charge on any atom is -0.463 e. The van der Waals surface area contributed by atoms with Crippen molar-refractivity contribution in [3.8, 4) is 0 Å². The van der Waals surface area contributed by atoms with Gasteiger partial charge in [-0.05, 0) is 37.6 Å². The van der Waals surface area contributed by atoms with Crippen molar-refractivity contribution in [3.63, 3.8) is 0 Å². The van der Waals surface area contributed by atoms with Crippen LogP contribution >= 0.6 is 0 Å². The van der Waals surface area contributed by atoms with Crippen molar-refractivity contribution in [2.45, 2.75) is 31.6 Å². The van der Waals surface area contributed by atoms with Gasteiger partial charge in [-0.15, -0.1) is 0 Å². The maximum atomic E-state index is 10.5. The van der Waals surface area contributed by atoms with E-state index >= 15 is 0 Å². The molecule has 6 nitrogen and oxygen atoms in total. The summed E-state index contributed by atoms with van der Waals surface area (Å²) in [5, 5.41) is 11.7. The molecule has 0 saturated heterocycles. The number of rotatable bonds is 4. The Hall–Kier alpha value is -2.12. The summed E-state index contributed by atoms with van der Waals surface area (Å²) in [5.74, 6) is 0.648. The van der Waals surface area contributed by atoms with Crippen molar-refractivity contribution in [2.24, 2.45) is 5.16 Å². The average Bonchev–Trinajstić information content (AvgIpc) is 2.99. The van der Waals surface area contributed by atoms with Gasteiger partial charge in [-0.2, -0.15) is 8.42 Å². The molecule has 1 heterocycles. The number of oxime groups is 1. The average molecular weight is 325 g/mol. The molecule has 0 amide bonds. The topological polar surface area (TPSA) is 100 Å². The predicted octanol–water partition coefficient (Wildman–Crippen LogP) is 3.50. The molecular formula is C15H19NO5S. The summed E-state index contributed by atoms with van der Waals surface area (Å²) in [5.41, 5.74) is 1.56. The van der Waals surface area contributed by atoms with Crippen molar-refractivity contribution in [1.82, 2.24) is 0 Å². The molecule has 1 aromatic carbocycles. The van der Waals surface area contributed by atoms with Gasteiger partial charge in [0, 0.05) is 0 Å². The van der Waals surface area contributed by atoms with Crippen molar-refractivity contribution in [2.75, 3.05) is 0 Å². The summed E-state index contributed by atoms with van der Waals surface area (Å²) in [6.07, 6.45) is 3.25. The van der Waals surface area contributed by atoms with Crippen LogP contribution in [-0.2, 0) is 10.1 Å². The lowest BCUT2D eigenvalue weighted by molar-refractivity contribution is 0.316. The minimum absolute atomic E-state index is 0.0666. The normalized spacial score (nSPS) is 11.7. The van der Waals surface area contributed by atoms with Gasteiger partial charge in [-0.25, -0.2) is 0 Å². The molecule has 0 atom stereocenters. The third-order valence-corrected chi connectivity index (χ3v) is 3.60. The van der Waals surface area contributed by atoms with Gasteiger partial charge in [-0.3, -0.25) is 4.55 Å². The lowest BCUT2D eigenvalue weighted by atomic mass is 10.2. The lowest BCUT2D eigenvalue weighted by Crippen LogP contribution is -1.97. The largest absolute Gasteiger partial charge is 0.463 e. The molecule has 2 rings (SSSR count). The molecule has 0 spiro atoms. The zero-order valence-electron chi connectivity index (χ0n) is 12.4. The van der Waals surface area contributed by atoms with E-state index in [-0.39, 0.29) is 4.90 Å². The smallest absolute Gasteiger partial charge is 0.294 e. The van der Waals surface area contributed by atoms with Crippen molar-refractivity contribution >= 4 is 15.8 Å². The second-order valence-electron chi connectivity index (χ2n) is 4.56. The Morgan fingerprint density at radius 1 is 1.23 bits per heavy atom. The summed E-state index contributed by atoms with van der Waals surface area (Å²) in [7, 11) is -4.02. The Kier molecular flexibility index (Phi) is 6.81. The fourth-order valence-corrected chi connectivity index (χ4v) is 2.09. The Labute approximate surface area is 129 Å². The summed E-state index contributed by atoms with van der Waals surface area (Å²) in [4.78, 5) is -0.0666. The van der Waals surface area contributed by atoms with E-state index in [1.165, 1.54) is 12.1 Å². The van der Waals surface area contributed by atoms with Gasteiger partial charge in [0.05, 0.1) is 11.2 Å². The first kappa shape index (κ1) is 17.9. The molecule has 7 heteroatoms. The number of nitrogens with zero attached hydrogens (tertiary/aromatic N) is 1. The van der Waals surface area contributed by atoms with E-state index in [1.807, 2.05) is 13.8 Å². The molecule has 1 aromatic heterocycles. The molecule has 0 aliphatic rings. The fourth-order valence-electron chi connectivity index (χ4n) is 1.61. The van der Waals surface area contributed by atoms with E-state index in [1.54, 1.807) is 30.5 Å². The van der Waals surface area contributed by atoms with Gasteiger partial charge in [0.1, 0.15) is 5.71 Å². The molecule has 0 bridgehead atoms. The van der Waals surface area contributed by atoms with Crippen molar-refractivity contribution in [1.29, 1.82) is 0 Å². The van der Waals surface area contributed by atoms with Gasteiger partial charge >= 0.3 is 0 Å². The Morgan fingerprint density at radius 3 is 2.27 bits per heavy atom. The van der Waals surface area contributed by atoms with Crippen LogP contribution in [0.15, 0.2) is 57.1 Å². The fraction of sp³-hybridized carbons (Fsp3) is 0.267. The van der Waals surface area contributed by atoms with E-state index in [4.69, 9.17) is 14.2 Å². The van der Waals surface area contributed by atoms with Crippen LogP contribution in [0.3, 0.4) is 0 Å². The van der Waals surface area contributed by atoms with E-state index in [9.17, 15) is 8.42 Å². The molecule has 120 valence electrons. The first-order valence-corrected chi connectivity index (χ1v) is 8.11. The van der Waals surface area contributed by atoms with E-state index in [2.05, 4.69) is 5.16 Å². The molecule has 0 radical (unpaired) electrons. The first-order chi connectivity index (χ1) is 10.4. The Balaban J connectivity index is 0.000000220. The van der Waals surface area contributed by atoms with Crippen LogP contribution in [0.5, 0.6) is 0 Å². The SMILES string of the molecule is CCCC(=NO)c1ccco1.Cc1ccc(S(=O)(=O)O)cc1. The zero-order valence-corrected chi connectivity index (χ0v) is 13.2. The summed E-state index contributed by atoms with van der Waals surface area (Å²) < 4.78 is 34.6. The van der Waals surface area contributed by atoms with Crippen LogP contribution in [0, 0.1) is 6.92 Å². The van der Waals surface area contributed by atoms with Crippen molar-refractivity contribution < 1.29 is 22.6 Å². The molecule has 0 aliphatic heterocycles. The molecule has 22 heavy (non-hydrogen) atoms. The highest BCUT2D eigenvalue weighted by Crippen LogP contribution is 2.08. The van der Waals surface area contributed by atoms with Crippen molar-refractivity contribution in [3.05, 3.63) is 54.0 Å².